The molecule has 0 bridgehead atoms. The molecule has 0 spiro atoms. The standard InChI is InChI=1S/C25H24N2O/c28-25(19-26-15-11-23(12-16-26)21-7-3-1-4-8-21)20-27-17-13-24(14-18-27)22-9-5-2-6-10-22/h1-18,25,28H,19-20H2/q+2. The van der Waals surface area contributed by atoms with Gasteiger partial charge in [0.05, 0.1) is 0 Å². The van der Waals surface area contributed by atoms with E-state index < -0.39 is 6.10 Å². The molecule has 4 rings (SSSR count). The first-order chi connectivity index (χ1) is 13.8. The molecule has 2 heterocycles. The molecule has 0 saturated heterocycles. The quantitative estimate of drug-likeness (QED) is 0.517. The van der Waals surface area contributed by atoms with Crippen molar-refractivity contribution in [2.24, 2.45) is 0 Å². The summed E-state index contributed by atoms with van der Waals surface area (Å²) in [5.41, 5.74) is 4.75. The van der Waals surface area contributed by atoms with E-state index in [0.29, 0.717) is 13.1 Å². The average molecular weight is 368 g/mol. The summed E-state index contributed by atoms with van der Waals surface area (Å²) in [5.74, 6) is 0. The highest BCUT2D eigenvalue weighted by Crippen LogP contribution is 2.17. The van der Waals surface area contributed by atoms with Gasteiger partial charge in [0.1, 0.15) is 0 Å². The molecular weight excluding hydrogens is 344 g/mol. The Morgan fingerprint density at radius 2 is 0.821 bits per heavy atom. The van der Waals surface area contributed by atoms with E-state index in [1.165, 1.54) is 22.3 Å². The van der Waals surface area contributed by atoms with Crippen LogP contribution in [0.4, 0.5) is 0 Å². The minimum atomic E-state index is -0.458. The largest absolute Gasteiger partial charge is 0.381 e. The molecule has 138 valence electrons. The number of aliphatic hydroxyl groups excluding tert-OH is 1. The van der Waals surface area contributed by atoms with Crippen LogP contribution in [0.3, 0.4) is 0 Å². The van der Waals surface area contributed by atoms with E-state index in [-0.39, 0.29) is 0 Å². The third-order valence-electron chi connectivity index (χ3n) is 4.84. The molecule has 28 heavy (non-hydrogen) atoms. The van der Waals surface area contributed by atoms with Crippen molar-refractivity contribution >= 4 is 0 Å². The highest BCUT2D eigenvalue weighted by molar-refractivity contribution is 5.62. The van der Waals surface area contributed by atoms with Crippen LogP contribution in [0.25, 0.3) is 22.3 Å². The number of aromatic nitrogens is 2. The molecule has 2 aromatic heterocycles. The summed E-state index contributed by atoms with van der Waals surface area (Å²) in [5, 5.41) is 10.5. The van der Waals surface area contributed by atoms with Crippen LogP contribution in [0.5, 0.6) is 0 Å². The van der Waals surface area contributed by atoms with Crippen molar-refractivity contribution in [2.75, 3.05) is 0 Å². The number of benzene rings is 2. The zero-order valence-electron chi connectivity index (χ0n) is 15.7. The van der Waals surface area contributed by atoms with Crippen molar-refractivity contribution in [2.45, 2.75) is 19.2 Å². The molecule has 3 heteroatoms. The van der Waals surface area contributed by atoms with Gasteiger partial charge in [0.25, 0.3) is 0 Å². The van der Waals surface area contributed by atoms with Crippen molar-refractivity contribution in [3.05, 3.63) is 110 Å². The second-order valence-electron chi connectivity index (χ2n) is 6.95. The lowest BCUT2D eigenvalue weighted by molar-refractivity contribution is -0.737. The van der Waals surface area contributed by atoms with Crippen LogP contribution in [0, 0.1) is 0 Å². The molecule has 3 nitrogen and oxygen atoms in total. The van der Waals surface area contributed by atoms with Crippen LogP contribution in [0.15, 0.2) is 110 Å². The van der Waals surface area contributed by atoms with Crippen molar-refractivity contribution in [1.82, 2.24) is 0 Å². The van der Waals surface area contributed by atoms with Crippen LogP contribution in [-0.2, 0) is 13.1 Å². The van der Waals surface area contributed by atoms with E-state index >= 15 is 0 Å². The summed E-state index contributed by atoms with van der Waals surface area (Å²) < 4.78 is 4.05. The van der Waals surface area contributed by atoms with Gasteiger partial charge in [0.15, 0.2) is 44.0 Å². The number of nitrogens with zero attached hydrogens (tertiary/aromatic N) is 2. The van der Waals surface area contributed by atoms with Gasteiger partial charge in [-0.3, -0.25) is 0 Å². The van der Waals surface area contributed by atoms with E-state index in [0.717, 1.165) is 0 Å². The molecule has 0 atom stereocenters. The number of rotatable bonds is 6. The van der Waals surface area contributed by atoms with Crippen LogP contribution < -0.4 is 9.13 Å². The van der Waals surface area contributed by atoms with E-state index in [2.05, 4.69) is 48.5 Å². The Balaban J connectivity index is 1.37. The maximum Gasteiger partial charge on any atom is 0.180 e. The predicted octanol–water partition coefficient (Wildman–Crippen LogP) is 3.66. The Kier molecular flexibility index (Phi) is 5.55. The van der Waals surface area contributed by atoms with Gasteiger partial charge in [0.2, 0.25) is 0 Å². The van der Waals surface area contributed by atoms with Gasteiger partial charge in [-0.25, -0.2) is 9.13 Å². The maximum atomic E-state index is 10.5. The first-order valence-electron chi connectivity index (χ1n) is 9.55. The maximum absolute atomic E-state index is 10.5. The van der Waals surface area contributed by atoms with Gasteiger partial charge in [-0.2, -0.15) is 0 Å². The Hall–Kier alpha value is -3.30. The summed E-state index contributed by atoms with van der Waals surface area (Å²) in [6, 6.07) is 29.0. The van der Waals surface area contributed by atoms with Gasteiger partial charge in [-0.05, 0) is 22.3 Å². The first-order valence-corrected chi connectivity index (χ1v) is 9.55. The van der Waals surface area contributed by atoms with Crippen LogP contribution in [0.1, 0.15) is 0 Å². The van der Waals surface area contributed by atoms with Gasteiger partial charge >= 0.3 is 0 Å². The monoisotopic (exact) mass is 368 g/mol. The van der Waals surface area contributed by atoms with E-state index in [1.807, 2.05) is 70.3 Å². The summed E-state index contributed by atoms with van der Waals surface area (Å²) in [6.07, 6.45) is 7.63. The van der Waals surface area contributed by atoms with Gasteiger partial charge in [-0.15, -0.1) is 0 Å². The third-order valence-corrected chi connectivity index (χ3v) is 4.84. The van der Waals surface area contributed by atoms with Crippen molar-refractivity contribution in [3.8, 4) is 22.3 Å². The molecule has 0 aliphatic rings. The van der Waals surface area contributed by atoms with Crippen molar-refractivity contribution in [3.63, 3.8) is 0 Å². The SMILES string of the molecule is OC(C[n+]1ccc(-c2ccccc2)cc1)C[n+]1ccc(-c2ccccc2)cc1. The molecule has 4 aromatic rings. The van der Waals surface area contributed by atoms with Crippen LogP contribution in [0.2, 0.25) is 0 Å². The summed E-state index contributed by atoms with van der Waals surface area (Å²) in [6.45, 7) is 1.12. The highest BCUT2D eigenvalue weighted by Gasteiger charge is 2.16. The smallest absolute Gasteiger partial charge is 0.180 e. The molecule has 1 N–H and O–H groups in total. The first kappa shape index (κ1) is 18.1. The fourth-order valence-electron chi connectivity index (χ4n) is 3.35. The molecule has 0 aliphatic heterocycles. The Morgan fingerprint density at radius 1 is 0.500 bits per heavy atom. The van der Waals surface area contributed by atoms with Gasteiger partial charge in [0, 0.05) is 24.3 Å². The minimum absolute atomic E-state index is 0.458. The molecule has 0 aliphatic carbocycles. The molecule has 0 amide bonds. The number of hydrogen-bond donors (Lipinski definition) is 1. The van der Waals surface area contributed by atoms with Crippen molar-refractivity contribution < 1.29 is 14.2 Å². The average Bonchev–Trinajstić information content (AvgIpc) is 2.76. The van der Waals surface area contributed by atoms with Crippen LogP contribution in [-0.4, -0.2) is 11.2 Å². The van der Waals surface area contributed by atoms with Gasteiger partial charge < -0.3 is 5.11 Å². The molecular formula is C25H24N2O+2. The zero-order valence-corrected chi connectivity index (χ0v) is 15.7. The summed E-state index contributed by atoms with van der Waals surface area (Å²) >= 11 is 0. The van der Waals surface area contributed by atoms with E-state index in [4.69, 9.17) is 0 Å². The van der Waals surface area contributed by atoms with Gasteiger partial charge in [-0.1, -0.05) is 60.7 Å². The second kappa shape index (κ2) is 8.59. The number of aliphatic hydroxyl groups is 1. The zero-order chi connectivity index (χ0) is 19.2. The van der Waals surface area contributed by atoms with E-state index in [9.17, 15) is 5.11 Å². The highest BCUT2D eigenvalue weighted by atomic mass is 16.3. The lowest BCUT2D eigenvalue weighted by Gasteiger charge is -2.06. The minimum Gasteiger partial charge on any atom is -0.381 e. The Labute approximate surface area is 165 Å². The lowest BCUT2D eigenvalue weighted by Crippen LogP contribution is -2.47. The normalized spacial score (nSPS) is 10.9. The Morgan fingerprint density at radius 3 is 1.18 bits per heavy atom. The Bertz CT molecular complexity index is 913. The fraction of sp³-hybridized carbons (Fsp3) is 0.120. The number of pyridine rings is 2. The fourth-order valence-corrected chi connectivity index (χ4v) is 3.35. The summed E-state index contributed by atoms with van der Waals surface area (Å²) in [4.78, 5) is 0. The molecule has 0 saturated carbocycles. The molecule has 0 radical (unpaired) electrons. The molecule has 0 unspecified atom stereocenters. The lowest BCUT2D eigenvalue weighted by atomic mass is 10.1. The second-order valence-corrected chi connectivity index (χ2v) is 6.95. The molecule has 0 fully saturated rings. The number of hydrogen-bond acceptors (Lipinski definition) is 1. The topological polar surface area (TPSA) is 28.0 Å². The molecule has 2 aromatic carbocycles. The third kappa shape index (κ3) is 4.51. The van der Waals surface area contributed by atoms with E-state index in [1.54, 1.807) is 0 Å². The van der Waals surface area contributed by atoms with Crippen LogP contribution >= 0.6 is 0 Å². The summed E-state index contributed by atoms with van der Waals surface area (Å²) in [7, 11) is 0. The van der Waals surface area contributed by atoms with Crippen molar-refractivity contribution in [1.29, 1.82) is 0 Å². The predicted molar refractivity (Wildman–Crippen MR) is 110 cm³/mol.